The molecule has 0 fully saturated rings. The molecule has 1 aromatic carbocycles. The highest BCUT2D eigenvalue weighted by atomic mass is 35.5. The third-order valence-electron chi connectivity index (χ3n) is 2.20. The molecule has 0 spiro atoms. The zero-order valence-electron chi connectivity index (χ0n) is 8.45. The van der Waals surface area contributed by atoms with Gasteiger partial charge in [-0.05, 0) is 29.3 Å². The average molecular weight is 262 g/mol. The van der Waals surface area contributed by atoms with Crippen LogP contribution in [0.2, 0.25) is 5.28 Å². The fraction of sp³-hybridized carbons (Fsp3) is 0.200. The molecule has 0 radical (unpaired) electrons. The Morgan fingerprint density at radius 1 is 1.18 bits per heavy atom. The monoisotopic (exact) mass is 261 g/mol. The molecule has 0 aliphatic rings. The largest absolute Gasteiger partial charge is 0.416 e. The van der Waals surface area contributed by atoms with Crippen LogP contribution < -0.4 is 0 Å². The molecule has 0 amide bonds. The van der Waals surface area contributed by atoms with Gasteiger partial charge in [-0.1, -0.05) is 12.1 Å². The molecule has 0 aliphatic carbocycles. The predicted molar refractivity (Wildman–Crippen MR) is 55.6 cm³/mol. The van der Waals surface area contributed by atoms with E-state index in [4.69, 9.17) is 11.6 Å². The van der Waals surface area contributed by atoms with Gasteiger partial charge in [-0.3, -0.25) is 4.57 Å². The standard InChI is InChI=1S/C10H7ClF3N3/c11-9-16-15-6-17(9)5-7-1-3-8(4-2-7)10(12,13)14/h1-4,6H,5H2. The summed E-state index contributed by atoms with van der Waals surface area (Å²) in [6, 6.07) is 4.87. The Labute approximate surface area is 99.8 Å². The Morgan fingerprint density at radius 2 is 1.82 bits per heavy atom. The van der Waals surface area contributed by atoms with Crippen LogP contribution in [0.5, 0.6) is 0 Å². The molecule has 0 saturated heterocycles. The van der Waals surface area contributed by atoms with E-state index < -0.39 is 11.7 Å². The van der Waals surface area contributed by atoms with Crippen molar-refractivity contribution < 1.29 is 13.2 Å². The van der Waals surface area contributed by atoms with Gasteiger partial charge in [0.05, 0.1) is 12.1 Å². The van der Waals surface area contributed by atoms with Crippen LogP contribution in [0.4, 0.5) is 13.2 Å². The maximum absolute atomic E-state index is 12.3. The number of alkyl halides is 3. The molecular weight excluding hydrogens is 255 g/mol. The van der Waals surface area contributed by atoms with Gasteiger partial charge in [-0.2, -0.15) is 13.2 Å². The topological polar surface area (TPSA) is 30.7 Å². The van der Waals surface area contributed by atoms with Gasteiger partial charge in [0.2, 0.25) is 5.28 Å². The molecule has 0 saturated carbocycles. The van der Waals surface area contributed by atoms with Crippen molar-refractivity contribution in [1.29, 1.82) is 0 Å². The summed E-state index contributed by atoms with van der Waals surface area (Å²) in [5.41, 5.74) is 0.0239. The lowest BCUT2D eigenvalue weighted by atomic mass is 10.1. The minimum Gasteiger partial charge on any atom is -0.300 e. The fourth-order valence-electron chi connectivity index (χ4n) is 1.34. The first-order valence-electron chi connectivity index (χ1n) is 4.66. The third kappa shape index (κ3) is 2.76. The highest BCUT2D eigenvalue weighted by Gasteiger charge is 2.29. The first-order valence-corrected chi connectivity index (χ1v) is 5.04. The quantitative estimate of drug-likeness (QED) is 0.832. The van der Waals surface area contributed by atoms with Crippen LogP contribution in [0, 0.1) is 0 Å². The summed E-state index contributed by atoms with van der Waals surface area (Å²) in [7, 11) is 0. The first-order chi connectivity index (χ1) is 7.97. The zero-order chi connectivity index (χ0) is 12.5. The average Bonchev–Trinajstić information content (AvgIpc) is 2.64. The molecule has 17 heavy (non-hydrogen) atoms. The smallest absolute Gasteiger partial charge is 0.300 e. The number of halogens is 4. The number of hydrogen-bond acceptors (Lipinski definition) is 2. The van der Waals surface area contributed by atoms with Crippen LogP contribution >= 0.6 is 11.6 Å². The first kappa shape index (κ1) is 11.9. The van der Waals surface area contributed by atoms with Gasteiger partial charge in [0.25, 0.3) is 0 Å². The molecule has 1 heterocycles. The Hall–Kier alpha value is -1.56. The van der Waals surface area contributed by atoms with Crippen LogP contribution in [0.1, 0.15) is 11.1 Å². The van der Waals surface area contributed by atoms with Crippen molar-refractivity contribution in [2.75, 3.05) is 0 Å². The molecule has 3 nitrogen and oxygen atoms in total. The summed E-state index contributed by atoms with van der Waals surface area (Å²) < 4.78 is 38.5. The molecule has 7 heteroatoms. The second kappa shape index (κ2) is 4.37. The van der Waals surface area contributed by atoms with E-state index in [9.17, 15) is 13.2 Å². The fourth-order valence-corrected chi connectivity index (χ4v) is 1.49. The molecule has 90 valence electrons. The molecule has 2 rings (SSSR count). The summed E-state index contributed by atoms with van der Waals surface area (Å²) in [6.07, 6.45) is -2.90. The molecule has 2 aromatic rings. The number of aromatic nitrogens is 3. The normalized spacial score (nSPS) is 11.8. The van der Waals surface area contributed by atoms with Gasteiger partial charge < -0.3 is 0 Å². The molecule has 0 N–H and O–H groups in total. The van der Waals surface area contributed by atoms with E-state index in [0.29, 0.717) is 12.1 Å². The van der Waals surface area contributed by atoms with Crippen LogP contribution in [-0.4, -0.2) is 14.8 Å². The predicted octanol–water partition coefficient (Wildman–Crippen LogP) is 3.00. The lowest BCUT2D eigenvalue weighted by molar-refractivity contribution is -0.137. The number of nitrogens with zero attached hydrogens (tertiary/aromatic N) is 3. The van der Waals surface area contributed by atoms with Crippen molar-refractivity contribution in [3.05, 3.63) is 47.0 Å². The Morgan fingerprint density at radius 3 is 2.29 bits per heavy atom. The van der Waals surface area contributed by atoms with Crippen LogP contribution in [0.15, 0.2) is 30.6 Å². The minimum absolute atomic E-state index is 0.199. The highest BCUT2D eigenvalue weighted by Crippen LogP contribution is 2.29. The van der Waals surface area contributed by atoms with E-state index in [1.807, 2.05) is 0 Å². The van der Waals surface area contributed by atoms with E-state index in [0.717, 1.165) is 12.1 Å². The summed E-state index contributed by atoms with van der Waals surface area (Å²) in [6.45, 7) is 0.337. The third-order valence-corrected chi connectivity index (χ3v) is 2.50. The van der Waals surface area contributed by atoms with E-state index in [2.05, 4.69) is 10.2 Å². The molecule has 1 aromatic heterocycles. The van der Waals surface area contributed by atoms with Crippen molar-refractivity contribution in [3.8, 4) is 0 Å². The summed E-state index contributed by atoms with van der Waals surface area (Å²) in [4.78, 5) is 0. The van der Waals surface area contributed by atoms with Gasteiger partial charge in [0.1, 0.15) is 6.33 Å². The van der Waals surface area contributed by atoms with Crippen LogP contribution in [-0.2, 0) is 12.7 Å². The van der Waals surface area contributed by atoms with Crippen molar-refractivity contribution in [2.24, 2.45) is 0 Å². The molecular formula is C10H7ClF3N3. The lowest BCUT2D eigenvalue weighted by Gasteiger charge is -2.08. The van der Waals surface area contributed by atoms with Crippen LogP contribution in [0.25, 0.3) is 0 Å². The maximum Gasteiger partial charge on any atom is 0.416 e. The molecule has 0 aliphatic heterocycles. The maximum atomic E-state index is 12.3. The number of rotatable bonds is 2. The molecule has 0 bridgehead atoms. The van der Waals surface area contributed by atoms with Gasteiger partial charge >= 0.3 is 6.18 Å². The van der Waals surface area contributed by atoms with Gasteiger partial charge in [0, 0.05) is 0 Å². The van der Waals surface area contributed by atoms with Crippen molar-refractivity contribution >= 4 is 11.6 Å². The van der Waals surface area contributed by atoms with Gasteiger partial charge in [-0.25, -0.2) is 0 Å². The van der Waals surface area contributed by atoms with Crippen molar-refractivity contribution in [2.45, 2.75) is 12.7 Å². The second-order valence-corrected chi connectivity index (χ2v) is 3.76. The summed E-state index contributed by atoms with van der Waals surface area (Å²) in [5.74, 6) is 0. The van der Waals surface area contributed by atoms with Crippen molar-refractivity contribution in [3.63, 3.8) is 0 Å². The minimum atomic E-state index is -4.31. The highest BCUT2D eigenvalue weighted by molar-refractivity contribution is 6.28. The van der Waals surface area contributed by atoms with Gasteiger partial charge in [0.15, 0.2) is 0 Å². The van der Waals surface area contributed by atoms with E-state index in [1.54, 1.807) is 0 Å². The van der Waals surface area contributed by atoms with E-state index >= 15 is 0 Å². The van der Waals surface area contributed by atoms with Gasteiger partial charge in [-0.15, -0.1) is 10.2 Å². The Kier molecular flexibility index (Phi) is 3.06. The summed E-state index contributed by atoms with van der Waals surface area (Å²) >= 11 is 5.70. The summed E-state index contributed by atoms with van der Waals surface area (Å²) in [5, 5.41) is 7.34. The Bertz CT molecular complexity index is 504. The van der Waals surface area contributed by atoms with E-state index in [1.165, 1.54) is 23.0 Å². The lowest BCUT2D eigenvalue weighted by Crippen LogP contribution is -2.05. The van der Waals surface area contributed by atoms with Crippen molar-refractivity contribution in [1.82, 2.24) is 14.8 Å². The Balaban J connectivity index is 2.17. The second-order valence-electron chi connectivity index (χ2n) is 3.42. The number of hydrogen-bond donors (Lipinski definition) is 0. The number of benzene rings is 1. The van der Waals surface area contributed by atoms with E-state index in [-0.39, 0.29) is 5.28 Å². The molecule has 0 unspecified atom stereocenters. The molecule has 0 atom stereocenters. The zero-order valence-corrected chi connectivity index (χ0v) is 9.20. The van der Waals surface area contributed by atoms with Crippen LogP contribution in [0.3, 0.4) is 0 Å². The SMILES string of the molecule is FC(F)(F)c1ccc(Cn2cnnc2Cl)cc1.